The fourth-order valence-corrected chi connectivity index (χ4v) is 3.78. The standard InChI is InChI=1S/C24H32N4O3/c1-17(2)25-20-12-14-28(15-13-20)16-23(29)26-19-10-8-18(9-11-19)24(30)27-21-6-4-5-7-22(21)31-3/h4-11,17,20,25H,12-16H2,1-3H3,(H,26,29)(H,27,30). The van der Waals surface area contributed by atoms with Crippen molar-refractivity contribution in [3.63, 3.8) is 0 Å². The van der Waals surface area contributed by atoms with Crippen LogP contribution in [0.15, 0.2) is 48.5 Å². The highest BCUT2D eigenvalue weighted by Gasteiger charge is 2.21. The molecule has 1 aliphatic heterocycles. The number of anilines is 2. The maximum atomic E-state index is 12.5. The molecule has 0 atom stereocenters. The lowest BCUT2D eigenvalue weighted by atomic mass is 10.0. The van der Waals surface area contributed by atoms with Crippen molar-refractivity contribution in [3.8, 4) is 5.75 Å². The van der Waals surface area contributed by atoms with Gasteiger partial charge in [0.05, 0.1) is 19.3 Å². The van der Waals surface area contributed by atoms with E-state index >= 15 is 0 Å². The van der Waals surface area contributed by atoms with Gasteiger partial charge in [0.15, 0.2) is 0 Å². The van der Waals surface area contributed by atoms with Gasteiger partial charge in [0, 0.05) is 36.4 Å². The lowest BCUT2D eigenvalue weighted by molar-refractivity contribution is -0.117. The number of amides is 2. The van der Waals surface area contributed by atoms with E-state index < -0.39 is 0 Å². The van der Waals surface area contributed by atoms with Crippen LogP contribution in [-0.2, 0) is 4.79 Å². The second-order valence-electron chi connectivity index (χ2n) is 8.15. The summed E-state index contributed by atoms with van der Waals surface area (Å²) in [4.78, 5) is 27.1. The molecule has 7 nitrogen and oxygen atoms in total. The molecule has 1 saturated heterocycles. The molecule has 2 amide bonds. The van der Waals surface area contributed by atoms with E-state index in [1.807, 2.05) is 12.1 Å². The number of ether oxygens (including phenoxy) is 1. The van der Waals surface area contributed by atoms with Crippen LogP contribution in [0.2, 0.25) is 0 Å². The minimum absolute atomic E-state index is 0.0403. The Hall–Kier alpha value is -2.90. The Morgan fingerprint density at radius 2 is 1.71 bits per heavy atom. The zero-order chi connectivity index (χ0) is 22.2. The minimum Gasteiger partial charge on any atom is -0.495 e. The molecule has 1 aliphatic rings. The number of rotatable bonds is 8. The molecule has 0 unspecified atom stereocenters. The normalized spacial score (nSPS) is 15.0. The molecule has 0 aromatic heterocycles. The number of carbonyl (C=O) groups excluding carboxylic acids is 2. The first-order valence-corrected chi connectivity index (χ1v) is 10.8. The lowest BCUT2D eigenvalue weighted by Gasteiger charge is -2.32. The summed E-state index contributed by atoms with van der Waals surface area (Å²) in [6.07, 6.45) is 2.11. The van der Waals surface area contributed by atoms with Crippen molar-refractivity contribution in [3.05, 3.63) is 54.1 Å². The zero-order valence-corrected chi connectivity index (χ0v) is 18.5. The van der Waals surface area contributed by atoms with Gasteiger partial charge in [0.1, 0.15) is 5.75 Å². The zero-order valence-electron chi connectivity index (χ0n) is 18.5. The van der Waals surface area contributed by atoms with Gasteiger partial charge in [-0.15, -0.1) is 0 Å². The van der Waals surface area contributed by atoms with Gasteiger partial charge in [-0.3, -0.25) is 14.5 Å². The smallest absolute Gasteiger partial charge is 0.255 e. The molecule has 2 aromatic rings. The number of hydrogen-bond donors (Lipinski definition) is 3. The van der Waals surface area contributed by atoms with E-state index in [2.05, 4.69) is 34.7 Å². The SMILES string of the molecule is COc1ccccc1NC(=O)c1ccc(NC(=O)CN2CCC(NC(C)C)CC2)cc1. The average molecular weight is 425 g/mol. The highest BCUT2D eigenvalue weighted by atomic mass is 16.5. The Morgan fingerprint density at radius 3 is 2.35 bits per heavy atom. The number of carbonyl (C=O) groups is 2. The first-order valence-electron chi connectivity index (χ1n) is 10.8. The molecule has 2 aromatic carbocycles. The van der Waals surface area contributed by atoms with Gasteiger partial charge >= 0.3 is 0 Å². The van der Waals surface area contributed by atoms with Crippen molar-refractivity contribution in [2.45, 2.75) is 38.8 Å². The van der Waals surface area contributed by atoms with E-state index in [0.29, 0.717) is 41.3 Å². The van der Waals surface area contributed by atoms with Crippen molar-refractivity contribution < 1.29 is 14.3 Å². The summed E-state index contributed by atoms with van der Waals surface area (Å²) < 4.78 is 5.26. The third kappa shape index (κ3) is 6.80. The number of nitrogens with zero attached hydrogens (tertiary/aromatic N) is 1. The van der Waals surface area contributed by atoms with Crippen LogP contribution in [0.3, 0.4) is 0 Å². The molecule has 0 radical (unpaired) electrons. The van der Waals surface area contributed by atoms with Crippen molar-refractivity contribution >= 4 is 23.2 Å². The maximum absolute atomic E-state index is 12.5. The van der Waals surface area contributed by atoms with Crippen molar-refractivity contribution in [1.82, 2.24) is 10.2 Å². The van der Waals surface area contributed by atoms with Gasteiger partial charge in [-0.2, -0.15) is 0 Å². The van der Waals surface area contributed by atoms with Crippen LogP contribution in [0.25, 0.3) is 0 Å². The lowest BCUT2D eigenvalue weighted by Crippen LogP contribution is -2.46. The quantitative estimate of drug-likeness (QED) is 0.605. The van der Waals surface area contributed by atoms with E-state index in [4.69, 9.17) is 4.74 Å². The first kappa shape index (κ1) is 22.8. The summed E-state index contributed by atoms with van der Waals surface area (Å²) in [5, 5.41) is 9.33. The Kier molecular flexibility index (Phi) is 8.03. The highest BCUT2D eigenvalue weighted by Crippen LogP contribution is 2.24. The van der Waals surface area contributed by atoms with Crippen LogP contribution in [0.1, 0.15) is 37.0 Å². The Labute approximate surface area is 184 Å². The molecule has 0 aliphatic carbocycles. The monoisotopic (exact) mass is 424 g/mol. The summed E-state index contributed by atoms with van der Waals surface area (Å²) >= 11 is 0. The highest BCUT2D eigenvalue weighted by molar-refractivity contribution is 6.05. The molecule has 7 heteroatoms. The summed E-state index contributed by atoms with van der Waals surface area (Å²) in [5.41, 5.74) is 1.79. The average Bonchev–Trinajstić information content (AvgIpc) is 2.75. The Balaban J connectivity index is 1.48. The van der Waals surface area contributed by atoms with E-state index in [1.54, 1.807) is 43.5 Å². The van der Waals surface area contributed by atoms with Gasteiger partial charge in [-0.25, -0.2) is 0 Å². The molecule has 0 spiro atoms. The Bertz CT molecular complexity index is 875. The van der Waals surface area contributed by atoms with Gasteiger partial charge < -0.3 is 20.7 Å². The topological polar surface area (TPSA) is 82.7 Å². The predicted molar refractivity (Wildman–Crippen MR) is 124 cm³/mol. The fourth-order valence-electron chi connectivity index (χ4n) is 3.78. The molecule has 0 saturated carbocycles. The summed E-state index contributed by atoms with van der Waals surface area (Å²) in [7, 11) is 1.56. The number of para-hydroxylation sites is 2. The van der Waals surface area contributed by atoms with E-state index in [1.165, 1.54) is 0 Å². The molecule has 1 fully saturated rings. The first-order chi connectivity index (χ1) is 14.9. The van der Waals surface area contributed by atoms with Crippen LogP contribution in [-0.4, -0.2) is 55.5 Å². The summed E-state index contributed by atoms with van der Waals surface area (Å²) in [6.45, 7) is 6.53. The number of piperidine rings is 1. The van der Waals surface area contributed by atoms with E-state index in [-0.39, 0.29) is 11.8 Å². The van der Waals surface area contributed by atoms with Gasteiger partial charge in [-0.1, -0.05) is 26.0 Å². The molecular formula is C24H32N4O3. The molecule has 0 bridgehead atoms. The second-order valence-corrected chi connectivity index (χ2v) is 8.15. The third-order valence-electron chi connectivity index (χ3n) is 5.31. The van der Waals surface area contributed by atoms with Crippen LogP contribution in [0.5, 0.6) is 5.75 Å². The van der Waals surface area contributed by atoms with E-state index in [0.717, 1.165) is 25.9 Å². The predicted octanol–water partition coefficient (Wildman–Crippen LogP) is 3.35. The maximum Gasteiger partial charge on any atom is 0.255 e. The fraction of sp³-hybridized carbons (Fsp3) is 0.417. The molecule has 166 valence electrons. The van der Waals surface area contributed by atoms with Crippen LogP contribution in [0.4, 0.5) is 11.4 Å². The van der Waals surface area contributed by atoms with Gasteiger partial charge in [0.25, 0.3) is 5.91 Å². The molecule has 3 rings (SSSR count). The van der Waals surface area contributed by atoms with Crippen LogP contribution in [0, 0.1) is 0 Å². The molecule has 1 heterocycles. The number of likely N-dealkylation sites (tertiary alicyclic amines) is 1. The minimum atomic E-state index is -0.236. The second kappa shape index (κ2) is 10.9. The summed E-state index contributed by atoms with van der Waals surface area (Å²) in [6, 6.07) is 15.2. The summed E-state index contributed by atoms with van der Waals surface area (Å²) in [5.74, 6) is 0.325. The third-order valence-corrected chi connectivity index (χ3v) is 5.31. The number of methoxy groups -OCH3 is 1. The number of benzene rings is 2. The van der Waals surface area contributed by atoms with Crippen molar-refractivity contribution in [2.24, 2.45) is 0 Å². The van der Waals surface area contributed by atoms with E-state index in [9.17, 15) is 9.59 Å². The number of hydrogen-bond acceptors (Lipinski definition) is 5. The van der Waals surface area contributed by atoms with Crippen molar-refractivity contribution in [1.29, 1.82) is 0 Å². The Morgan fingerprint density at radius 1 is 1.03 bits per heavy atom. The van der Waals surface area contributed by atoms with Crippen LogP contribution < -0.4 is 20.7 Å². The molecule has 31 heavy (non-hydrogen) atoms. The van der Waals surface area contributed by atoms with Crippen molar-refractivity contribution in [2.75, 3.05) is 37.4 Å². The largest absolute Gasteiger partial charge is 0.495 e. The van der Waals surface area contributed by atoms with Crippen LogP contribution >= 0.6 is 0 Å². The molecular weight excluding hydrogens is 392 g/mol. The molecule has 3 N–H and O–H groups in total. The van der Waals surface area contributed by atoms with Gasteiger partial charge in [-0.05, 0) is 49.2 Å². The van der Waals surface area contributed by atoms with Gasteiger partial charge in [0.2, 0.25) is 5.91 Å². The number of nitrogens with one attached hydrogen (secondary N) is 3.